The van der Waals surface area contributed by atoms with E-state index in [1.165, 1.54) is 5.01 Å². The van der Waals surface area contributed by atoms with Gasteiger partial charge in [0.15, 0.2) is 0 Å². The number of nitrogens with one attached hydrogen (secondary N) is 1. The molecule has 0 aliphatic rings. The van der Waals surface area contributed by atoms with Crippen LogP contribution in [0, 0.1) is 0 Å². The van der Waals surface area contributed by atoms with E-state index in [0.29, 0.717) is 5.96 Å². The van der Waals surface area contributed by atoms with Crippen molar-refractivity contribution in [2.24, 2.45) is 15.9 Å². The van der Waals surface area contributed by atoms with Crippen LogP contribution in [0.25, 0.3) is 0 Å². The molecule has 0 fully saturated rings. The second kappa shape index (κ2) is 6.60. The molecule has 0 saturated carbocycles. The van der Waals surface area contributed by atoms with E-state index in [4.69, 9.17) is 5.84 Å². The molecule has 0 aromatic heterocycles. The molecule has 3 N–H and O–H groups in total. The van der Waals surface area contributed by atoms with Crippen LogP contribution in [-0.4, -0.2) is 31.3 Å². The molecule has 5 nitrogen and oxygen atoms in total. The fourth-order valence-corrected chi connectivity index (χ4v) is 0.584. The minimum Gasteiger partial charge on any atom is -0.283 e. The summed E-state index contributed by atoms with van der Waals surface area (Å²) in [5.41, 5.74) is 2.72. The molecule has 0 radical (unpaired) electrons. The number of nitrogens with two attached hydrogens (primary N) is 1. The van der Waals surface area contributed by atoms with Gasteiger partial charge in [-0.2, -0.15) is 5.10 Å². The molecule has 0 unspecified atom stereocenters. The summed E-state index contributed by atoms with van der Waals surface area (Å²) in [6.07, 6.45) is 3.84. The van der Waals surface area contributed by atoms with Crippen molar-refractivity contribution in [3.8, 4) is 0 Å². The number of aliphatic imine (C=N–C) groups is 1. The molecule has 0 atom stereocenters. The second-order valence-electron chi connectivity index (χ2n) is 2.37. The Labute approximate surface area is 73.3 Å². The van der Waals surface area contributed by atoms with E-state index in [-0.39, 0.29) is 0 Å². The molecular formula is C7H17N5. The van der Waals surface area contributed by atoms with Gasteiger partial charge in [-0.1, -0.05) is 13.3 Å². The van der Waals surface area contributed by atoms with Crippen LogP contribution in [0.5, 0.6) is 0 Å². The SMILES string of the molecule is CCC/C=N\NC(=NC)N(C)N. The Morgan fingerprint density at radius 2 is 2.33 bits per heavy atom. The topological polar surface area (TPSA) is 66.0 Å². The predicted octanol–water partition coefficient (Wildman–Crippen LogP) is 0.153. The molecule has 0 aromatic rings. The van der Waals surface area contributed by atoms with Gasteiger partial charge in [-0.25, -0.2) is 11.3 Å². The predicted molar refractivity (Wildman–Crippen MR) is 51.8 cm³/mol. The third kappa shape index (κ3) is 4.68. The Kier molecular flexibility index (Phi) is 6.00. The Balaban J connectivity index is 3.74. The summed E-state index contributed by atoms with van der Waals surface area (Å²) in [6, 6.07) is 0. The highest BCUT2D eigenvalue weighted by atomic mass is 15.5. The largest absolute Gasteiger partial charge is 0.283 e. The lowest BCUT2D eigenvalue weighted by Gasteiger charge is -2.12. The summed E-state index contributed by atoms with van der Waals surface area (Å²) in [6.45, 7) is 2.09. The normalized spacial score (nSPS) is 12.2. The van der Waals surface area contributed by atoms with Crippen LogP contribution in [0.4, 0.5) is 0 Å². The van der Waals surface area contributed by atoms with Gasteiger partial charge >= 0.3 is 0 Å². The lowest BCUT2D eigenvalue weighted by Crippen LogP contribution is -2.40. The molecule has 0 amide bonds. The molecule has 0 aliphatic heterocycles. The highest BCUT2D eigenvalue weighted by Crippen LogP contribution is 1.80. The Bertz CT molecular complexity index is 161. The van der Waals surface area contributed by atoms with Crippen molar-refractivity contribution in [1.82, 2.24) is 10.4 Å². The van der Waals surface area contributed by atoms with Crippen LogP contribution < -0.4 is 11.3 Å². The number of unbranched alkanes of at least 4 members (excludes halogenated alkanes) is 1. The molecule has 12 heavy (non-hydrogen) atoms. The van der Waals surface area contributed by atoms with Crippen LogP contribution in [0.1, 0.15) is 19.8 Å². The first kappa shape index (κ1) is 10.9. The molecule has 0 heterocycles. The monoisotopic (exact) mass is 171 g/mol. The van der Waals surface area contributed by atoms with Crippen molar-refractivity contribution < 1.29 is 0 Å². The number of guanidine groups is 1. The van der Waals surface area contributed by atoms with E-state index in [1.54, 1.807) is 20.3 Å². The summed E-state index contributed by atoms with van der Waals surface area (Å²) in [5, 5.41) is 5.30. The van der Waals surface area contributed by atoms with E-state index in [1.807, 2.05) is 0 Å². The number of hydrazine groups is 1. The zero-order chi connectivity index (χ0) is 9.40. The van der Waals surface area contributed by atoms with Crippen LogP contribution in [0.2, 0.25) is 0 Å². The van der Waals surface area contributed by atoms with Crippen molar-refractivity contribution in [3.63, 3.8) is 0 Å². The van der Waals surface area contributed by atoms with Crippen molar-refractivity contribution in [2.45, 2.75) is 19.8 Å². The van der Waals surface area contributed by atoms with Gasteiger partial charge in [0, 0.05) is 20.3 Å². The molecular weight excluding hydrogens is 154 g/mol. The molecule has 0 rings (SSSR count). The molecule has 70 valence electrons. The fourth-order valence-electron chi connectivity index (χ4n) is 0.584. The highest BCUT2D eigenvalue weighted by Gasteiger charge is 1.95. The van der Waals surface area contributed by atoms with Gasteiger partial charge in [0.25, 0.3) is 0 Å². The highest BCUT2D eigenvalue weighted by molar-refractivity contribution is 5.79. The summed E-state index contributed by atoms with van der Waals surface area (Å²) in [5.74, 6) is 5.97. The maximum atomic E-state index is 5.43. The fraction of sp³-hybridized carbons (Fsp3) is 0.714. The van der Waals surface area contributed by atoms with E-state index >= 15 is 0 Å². The number of nitrogens with zero attached hydrogens (tertiary/aromatic N) is 3. The number of hydrogen-bond donors (Lipinski definition) is 2. The average Bonchev–Trinajstić information content (AvgIpc) is 2.04. The van der Waals surface area contributed by atoms with Gasteiger partial charge in [0.05, 0.1) is 0 Å². The zero-order valence-electron chi connectivity index (χ0n) is 7.91. The molecule has 0 aliphatic carbocycles. The Morgan fingerprint density at radius 3 is 2.75 bits per heavy atom. The minimum absolute atomic E-state index is 0.544. The maximum absolute atomic E-state index is 5.43. The third-order valence-electron chi connectivity index (χ3n) is 1.22. The van der Waals surface area contributed by atoms with Crippen LogP contribution in [0.15, 0.2) is 10.1 Å². The van der Waals surface area contributed by atoms with Crippen molar-refractivity contribution in [2.75, 3.05) is 14.1 Å². The summed E-state index contributed by atoms with van der Waals surface area (Å²) in [4.78, 5) is 3.88. The number of hydrogen-bond acceptors (Lipinski definition) is 3. The Hall–Kier alpha value is -1.10. The van der Waals surface area contributed by atoms with E-state index in [0.717, 1.165) is 12.8 Å². The zero-order valence-corrected chi connectivity index (χ0v) is 7.91. The van der Waals surface area contributed by atoms with Crippen molar-refractivity contribution in [3.05, 3.63) is 0 Å². The average molecular weight is 171 g/mol. The lowest BCUT2D eigenvalue weighted by molar-refractivity contribution is 0.513. The van der Waals surface area contributed by atoms with Gasteiger partial charge in [0.2, 0.25) is 5.96 Å². The molecule has 0 aromatic carbocycles. The van der Waals surface area contributed by atoms with Gasteiger partial charge in [0.1, 0.15) is 0 Å². The van der Waals surface area contributed by atoms with E-state index in [9.17, 15) is 0 Å². The summed E-state index contributed by atoms with van der Waals surface area (Å²) >= 11 is 0. The van der Waals surface area contributed by atoms with Gasteiger partial charge in [-0.05, 0) is 6.42 Å². The molecule has 5 heteroatoms. The molecule has 0 spiro atoms. The van der Waals surface area contributed by atoms with Crippen LogP contribution in [0.3, 0.4) is 0 Å². The third-order valence-corrected chi connectivity index (χ3v) is 1.22. The molecule has 0 saturated heterocycles. The number of rotatable bonds is 3. The quantitative estimate of drug-likeness (QED) is 0.275. The summed E-state index contributed by atoms with van der Waals surface area (Å²) < 4.78 is 0. The Morgan fingerprint density at radius 1 is 1.67 bits per heavy atom. The standard InChI is InChI=1S/C7H17N5/c1-4-5-6-10-11-7(9-2)12(3)8/h6H,4-5,8H2,1-3H3,(H,9,11)/b10-6-. The smallest absolute Gasteiger partial charge is 0.228 e. The van der Waals surface area contributed by atoms with Gasteiger partial charge in [-0.3, -0.25) is 10.0 Å². The van der Waals surface area contributed by atoms with Crippen molar-refractivity contribution in [1.29, 1.82) is 0 Å². The first-order valence-electron chi connectivity index (χ1n) is 3.95. The maximum Gasteiger partial charge on any atom is 0.228 e. The van der Waals surface area contributed by atoms with Crippen LogP contribution in [-0.2, 0) is 0 Å². The second-order valence-corrected chi connectivity index (χ2v) is 2.37. The van der Waals surface area contributed by atoms with Crippen molar-refractivity contribution >= 4 is 12.2 Å². The minimum atomic E-state index is 0.544. The lowest BCUT2D eigenvalue weighted by atomic mass is 10.4. The molecule has 0 bridgehead atoms. The van der Waals surface area contributed by atoms with E-state index in [2.05, 4.69) is 22.4 Å². The van der Waals surface area contributed by atoms with E-state index < -0.39 is 0 Å². The first-order chi connectivity index (χ1) is 5.72. The first-order valence-corrected chi connectivity index (χ1v) is 3.95. The number of hydrazone groups is 1. The van der Waals surface area contributed by atoms with Gasteiger partial charge < -0.3 is 0 Å². The van der Waals surface area contributed by atoms with Crippen LogP contribution >= 0.6 is 0 Å². The van der Waals surface area contributed by atoms with Gasteiger partial charge in [-0.15, -0.1) is 0 Å². The summed E-state index contributed by atoms with van der Waals surface area (Å²) in [7, 11) is 3.35.